The average Bonchev–Trinajstić information content (AvgIpc) is 2.59. The van der Waals surface area contributed by atoms with Gasteiger partial charge in [-0.05, 0) is 29.7 Å². The molecule has 0 bridgehead atoms. The Labute approximate surface area is 151 Å². The number of halogens is 1. The molecule has 1 aromatic heterocycles. The van der Waals surface area contributed by atoms with Crippen LogP contribution in [0.5, 0.6) is 0 Å². The lowest BCUT2D eigenvalue weighted by atomic mass is 9.96. The van der Waals surface area contributed by atoms with E-state index in [0.29, 0.717) is 28.8 Å². The van der Waals surface area contributed by atoms with Crippen molar-refractivity contribution in [2.75, 3.05) is 11.4 Å². The van der Waals surface area contributed by atoms with Gasteiger partial charge in [0.25, 0.3) is 0 Å². The van der Waals surface area contributed by atoms with Gasteiger partial charge in [0.15, 0.2) is 0 Å². The maximum absolute atomic E-state index is 14.3. The summed E-state index contributed by atoms with van der Waals surface area (Å²) < 4.78 is 14.3. The van der Waals surface area contributed by atoms with E-state index >= 15 is 0 Å². The number of anilines is 1. The zero-order chi connectivity index (χ0) is 18.9. The summed E-state index contributed by atoms with van der Waals surface area (Å²) in [6.45, 7) is 6.34. The van der Waals surface area contributed by atoms with Crippen molar-refractivity contribution in [2.24, 2.45) is 5.41 Å². The highest BCUT2D eigenvalue weighted by Gasteiger charge is 2.22. The summed E-state index contributed by atoms with van der Waals surface area (Å²) in [6.07, 6.45) is -0.998. The molecule has 26 heavy (non-hydrogen) atoms. The molecule has 1 heterocycles. The zero-order valence-corrected chi connectivity index (χ0v) is 15.0. The van der Waals surface area contributed by atoms with Gasteiger partial charge < -0.3 is 5.11 Å². The van der Waals surface area contributed by atoms with E-state index < -0.39 is 6.09 Å². The molecule has 0 atom stereocenters. The fraction of sp³-hybridized carbons (Fsp3) is 0.238. The molecule has 134 valence electrons. The van der Waals surface area contributed by atoms with Crippen molar-refractivity contribution < 1.29 is 14.3 Å². The van der Waals surface area contributed by atoms with Crippen molar-refractivity contribution in [3.05, 3.63) is 60.4 Å². The van der Waals surface area contributed by atoms with Gasteiger partial charge in [0.1, 0.15) is 5.82 Å². The molecule has 0 fully saturated rings. The normalized spacial score (nSPS) is 11.5. The number of para-hydroxylation sites is 1. The van der Waals surface area contributed by atoms with Crippen LogP contribution in [0.1, 0.15) is 20.8 Å². The van der Waals surface area contributed by atoms with E-state index in [0.717, 1.165) is 5.56 Å². The van der Waals surface area contributed by atoms with Gasteiger partial charge in [-0.1, -0.05) is 45.0 Å². The second kappa shape index (κ2) is 6.75. The summed E-state index contributed by atoms with van der Waals surface area (Å²) >= 11 is 0. The van der Waals surface area contributed by atoms with Gasteiger partial charge in [0.2, 0.25) is 0 Å². The summed E-state index contributed by atoms with van der Waals surface area (Å²) in [5, 5.41) is 9.98. The lowest BCUT2D eigenvalue weighted by Crippen LogP contribution is -2.36. The van der Waals surface area contributed by atoms with Crippen LogP contribution in [0.25, 0.3) is 22.2 Å². The Balaban J connectivity index is 1.95. The smallest absolute Gasteiger partial charge is 0.411 e. The monoisotopic (exact) mass is 352 g/mol. The van der Waals surface area contributed by atoms with Gasteiger partial charge in [-0.25, -0.2) is 14.2 Å². The summed E-state index contributed by atoms with van der Waals surface area (Å²) in [6, 6.07) is 15.5. The lowest BCUT2D eigenvalue weighted by Gasteiger charge is -2.27. The van der Waals surface area contributed by atoms with Crippen molar-refractivity contribution in [1.82, 2.24) is 4.98 Å². The van der Waals surface area contributed by atoms with Crippen molar-refractivity contribution >= 4 is 22.7 Å². The number of hydrogen-bond donors (Lipinski definition) is 1. The molecule has 1 N–H and O–H groups in total. The molecule has 0 aliphatic carbocycles. The number of carbonyl (C=O) groups is 1. The summed E-state index contributed by atoms with van der Waals surface area (Å²) in [5.41, 5.74) is 2.26. The molecular formula is C21H21FN2O2. The third-order valence-electron chi connectivity index (χ3n) is 4.00. The number of benzene rings is 2. The first kappa shape index (κ1) is 17.9. The minimum atomic E-state index is -0.998. The Bertz CT molecular complexity index is 946. The van der Waals surface area contributed by atoms with Gasteiger partial charge in [-0.3, -0.25) is 4.90 Å². The summed E-state index contributed by atoms with van der Waals surface area (Å²) in [5.74, 6) is -0.324. The molecular weight excluding hydrogens is 331 g/mol. The SMILES string of the molecule is CC(C)(C)CN(C(=O)O)c1ccc(-c2cc(F)c3ccccc3n2)cc1. The molecule has 1 amide bonds. The van der Waals surface area contributed by atoms with Gasteiger partial charge >= 0.3 is 6.09 Å². The molecule has 0 saturated carbocycles. The molecule has 0 saturated heterocycles. The van der Waals surface area contributed by atoms with Crippen molar-refractivity contribution in [1.29, 1.82) is 0 Å². The van der Waals surface area contributed by atoms with Crippen LogP contribution in [0, 0.1) is 11.2 Å². The first-order valence-corrected chi connectivity index (χ1v) is 8.41. The van der Waals surface area contributed by atoms with Crippen LogP contribution in [0.2, 0.25) is 0 Å². The van der Waals surface area contributed by atoms with E-state index in [-0.39, 0.29) is 11.2 Å². The van der Waals surface area contributed by atoms with Gasteiger partial charge in [-0.2, -0.15) is 0 Å². The third-order valence-corrected chi connectivity index (χ3v) is 4.00. The molecule has 2 aromatic carbocycles. The lowest BCUT2D eigenvalue weighted by molar-refractivity contribution is 0.198. The molecule has 0 spiro atoms. The standard InChI is InChI=1S/C21H21FN2O2/c1-21(2,3)13-24(20(25)26)15-10-8-14(9-11-15)19-12-17(22)16-6-4-5-7-18(16)23-19/h4-12H,13H2,1-3H3,(H,25,26). The first-order valence-electron chi connectivity index (χ1n) is 8.41. The second-order valence-corrected chi connectivity index (χ2v) is 7.48. The highest BCUT2D eigenvalue weighted by molar-refractivity contribution is 5.87. The summed E-state index contributed by atoms with van der Waals surface area (Å²) in [4.78, 5) is 17.4. The Kier molecular flexibility index (Phi) is 4.64. The molecule has 0 aliphatic heterocycles. The van der Waals surface area contributed by atoms with Gasteiger partial charge in [-0.15, -0.1) is 0 Å². The fourth-order valence-corrected chi connectivity index (χ4v) is 2.84. The van der Waals surface area contributed by atoms with Crippen molar-refractivity contribution in [2.45, 2.75) is 20.8 Å². The Hall–Kier alpha value is -2.95. The third kappa shape index (κ3) is 3.82. The van der Waals surface area contributed by atoms with Crippen LogP contribution >= 0.6 is 0 Å². The average molecular weight is 352 g/mol. The van der Waals surface area contributed by atoms with E-state index in [2.05, 4.69) is 4.98 Å². The maximum atomic E-state index is 14.3. The molecule has 0 aliphatic rings. The molecule has 4 nitrogen and oxygen atoms in total. The number of amides is 1. The predicted octanol–water partition coefficient (Wildman–Crippen LogP) is 5.57. The van der Waals surface area contributed by atoms with E-state index in [1.807, 2.05) is 26.8 Å². The largest absolute Gasteiger partial charge is 0.465 e. The van der Waals surface area contributed by atoms with Crippen LogP contribution in [-0.4, -0.2) is 22.7 Å². The van der Waals surface area contributed by atoms with Crippen LogP contribution < -0.4 is 4.90 Å². The number of aromatic nitrogens is 1. The second-order valence-electron chi connectivity index (χ2n) is 7.48. The van der Waals surface area contributed by atoms with Crippen molar-refractivity contribution in [3.63, 3.8) is 0 Å². The van der Waals surface area contributed by atoms with E-state index in [1.165, 1.54) is 11.0 Å². The fourth-order valence-electron chi connectivity index (χ4n) is 2.84. The number of fused-ring (bicyclic) bond motifs is 1. The Morgan fingerprint density at radius 3 is 2.38 bits per heavy atom. The Morgan fingerprint density at radius 1 is 1.12 bits per heavy atom. The molecule has 0 radical (unpaired) electrons. The zero-order valence-electron chi connectivity index (χ0n) is 15.0. The molecule has 5 heteroatoms. The Morgan fingerprint density at radius 2 is 1.77 bits per heavy atom. The molecule has 0 unspecified atom stereocenters. The van der Waals surface area contributed by atoms with Crippen LogP contribution in [-0.2, 0) is 0 Å². The van der Waals surface area contributed by atoms with Crippen LogP contribution in [0.15, 0.2) is 54.6 Å². The number of rotatable bonds is 3. The number of pyridine rings is 1. The number of nitrogens with zero attached hydrogens (tertiary/aromatic N) is 2. The van der Waals surface area contributed by atoms with Gasteiger partial charge in [0.05, 0.1) is 11.2 Å². The number of carboxylic acid groups (broad SMARTS) is 1. The highest BCUT2D eigenvalue weighted by atomic mass is 19.1. The summed E-state index contributed by atoms with van der Waals surface area (Å²) in [7, 11) is 0. The minimum absolute atomic E-state index is 0.167. The van der Waals surface area contributed by atoms with Gasteiger partial charge in [0, 0.05) is 29.2 Å². The maximum Gasteiger partial charge on any atom is 0.411 e. The number of hydrogen-bond acceptors (Lipinski definition) is 2. The van der Waals surface area contributed by atoms with E-state index in [1.54, 1.807) is 42.5 Å². The molecule has 3 aromatic rings. The van der Waals surface area contributed by atoms with E-state index in [9.17, 15) is 14.3 Å². The van der Waals surface area contributed by atoms with Crippen molar-refractivity contribution in [3.8, 4) is 11.3 Å². The quantitative estimate of drug-likeness (QED) is 0.670. The minimum Gasteiger partial charge on any atom is -0.465 e. The van der Waals surface area contributed by atoms with Crippen LogP contribution in [0.3, 0.4) is 0 Å². The highest BCUT2D eigenvalue weighted by Crippen LogP contribution is 2.27. The van der Waals surface area contributed by atoms with Crippen LogP contribution in [0.4, 0.5) is 14.9 Å². The van der Waals surface area contributed by atoms with E-state index in [4.69, 9.17) is 0 Å². The predicted molar refractivity (Wildman–Crippen MR) is 102 cm³/mol. The first-order chi connectivity index (χ1) is 12.2. The topological polar surface area (TPSA) is 53.4 Å². The molecule has 3 rings (SSSR count).